The molecule has 0 aromatic rings. The van der Waals surface area contributed by atoms with E-state index in [0.717, 1.165) is 23.7 Å². The average molecular weight is 178 g/mol. The Morgan fingerprint density at radius 2 is 2.00 bits per heavy atom. The molecule has 2 aliphatic rings. The highest BCUT2D eigenvalue weighted by atomic mass is 14.4. The van der Waals surface area contributed by atoms with Crippen molar-refractivity contribution in [2.45, 2.75) is 46.0 Å². The van der Waals surface area contributed by atoms with Gasteiger partial charge in [-0.15, -0.1) is 0 Å². The lowest BCUT2D eigenvalue weighted by atomic mass is 9.74. The van der Waals surface area contributed by atoms with Gasteiger partial charge in [0.2, 0.25) is 0 Å². The van der Waals surface area contributed by atoms with Crippen molar-refractivity contribution in [2.24, 2.45) is 23.7 Å². The summed E-state index contributed by atoms with van der Waals surface area (Å²) in [7, 11) is 0. The first-order chi connectivity index (χ1) is 6.31. The summed E-state index contributed by atoms with van der Waals surface area (Å²) in [5, 5.41) is 0. The van der Waals surface area contributed by atoms with Gasteiger partial charge < -0.3 is 0 Å². The van der Waals surface area contributed by atoms with Crippen LogP contribution in [0.15, 0.2) is 12.2 Å². The summed E-state index contributed by atoms with van der Waals surface area (Å²) in [5.74, 6) is 4.04. The van der Waals surface area contributed by atoms with Crippen LogP contribution in [0.4, 0.5) is 0 Å². The third kappa shape index (κ3) is 1.82. The second-order valence-corrected chi connectivity index (χ2v) is 5.12. The first-order valence-electron chi connectivity index (χ1n) is 5.94. The quantitative estimate of drug-likeness (QED) is 0.532. The Balaban J connectivity index is 2.05. The Kier molecular flexibility index (Phi) is 2.76. The van der Waals surface area contributed by atoms with Crippen LogP contribution in [0, 0.1) is 23.7 Å². The second kappa shape index (κ2) is 3.86. The maximum atomic E-state index is 2.47. The normalized spacial score (nSPS) is 45.4. The number of allylic oxidation sites excluding steroid dienone is 2. The van der Waals surface area contributed by atoms with Crippen LogP contribution in [0.3, 0.4) is 0 Å². The SMILES string of the molecule is C/C=C/[C@@H]1CCCC2C[C@H](C)CC21. The molecular weight excluding hydrogens is 156 g/mol. The molecule has 2 fully saturated rings. The van der Waals surface area contributed by atoms with Gasteiger partial charge in [-0.05, 0) is 49.9 Å². The van der Waals surface area contributed by atoms with Gasteiger partial charge in [0.05, 0.1) is 0 Å². The molecule has 0 radical (unpaired) electrons. The molecular formula is C13H22. The van der Waals surface area contributed by atoms with E-state index in [0.29, 0.717) is 0 Å². The molecule has 0 heterocycles. The monoisotopic (exact) mass is 178 g/mol. The van der Waals surface area contributed by atoms with Crippen LogP contribution < -0.4 is 0 Å². The lowest BCUT2D eigenvalue weighted by Gasteiger charge is -2.31. The summed E-state index contributed by atoms with van der Waals surface area (Å²) in [6.07, 6.45) is 12.2. The third-order valence-corrected chi connectivity index (χ3v) is 4.09. The molecule has 74 valence electrons. The Labute approximate surface area is 82.4 Å². The first kappa shape index (κ1) is 9.30. The average Bonchev–Trinajstić information content (AvgIpc) is 2.47. The summed E-state index contributed by atoms with van der Waals surface area (Å²) < 4.78 is 0. The van der Waals surface area contributed by atoms with Crippen LogP contribution in [0.25, 0.3) is 0 Å². The lowest BCUT2D eigenvalue weighted by molar-refractivity contribution is 0.218. The number of hydrogen-bond donors (Lipinski definition) is 0. The highest BCUT2D eigenvalue weighted by Gasteiger charge is 2.38. The van der Waals surface area contributed by atoms with Crippen LogP contribution >= 0.6 is 0 Å². The van der Waals surface area contributed by atoms with Crippen molar-refractivity contribution in [1.29, 1.82) is 0 Å². The topological polar surface area (TPSA) is 0 Å². The van der Waals surface area contributed by atoms with E-state index in [1.165, 1.54) is 32.1 Å². The van der Waals surface area contributed by atoms with E-state index in [1.54, 1.807) is 0 Å². The molecule has 0 bridgehead atoms. The fourth-order valence-corrected chi connectivity index (χ4v) is 3.62. The van der Waals surface area contributed by atoms with Crippen LogP contribution in [-0.2, 0) is 0 Å². The van der Waals surface area contributed by atoms with E-state index in [2.05, 4.69) is 26.0 Å². The molecule has 0 amide bonds. The summed E-state index contributed by atoms with van der Waals surface area (Å²) >= 11 is 0. The molecule has 0 N–H and O–H groups in total. The molecule has 4 atom stereocenters. The fourth-order valence-electron chi connectivity index (χ4n) is 3.62. The van der Waals surface area contributed by atoms with Gasteiger partial charge in [0.25, 0.3) is 0 Å². The van der Waals surface area contributed by atoms with E-state index in [9.17, 15) is 0 Å². The molecule has 2 aliphatic carbocycles. The van der Waals surface area contributed by atoms with Gasteiger partial charge in [-0.1, -0.05) is 31.9 Å². The molecule has 2 rings (SSSR count). The molecule has 0 aliphatic heterocycles. The molecule has 0 spiro atoms. The minimum atomic E-state index is 0.925. The largest absolute Gasteiger partial charge is 0.0914 e. The summed E-state index contributed by atoms with van der Waals surface area (Å²) in [6.45, 7) is 4.60. The fraction of sp³-hybridized carbons (Fsp3) is 0.846. The Hall–Kier alpha value is -0.260. The van der Waals surface area contributed by atoms with E-state index in [1.807, 2.05) is 0 Å². The zero-order chi connectivity index (χ0) is 9.26. The summed E-state index contributed by atoms with van der Waals surface area (Å²) in [4.78, 5) is 0. The van der Waals surface area contributed by atoms with E-state index >= 15 is 0 Å². The molecule has 13 heavy (non-hydrogen) atoms. The van der Waals surface area contributed by atoms with Crippen molar-refractivity contribution in [1.82, 2.24) is 0 Å². The minimum absolute atomic E-state index is 0.925. The summed E-state index contributed by atoms with van der Waals surface area (Å²) in [6, 6.07) is 0. The van der Waals surface area contributed by atoms with Crippen molar-refractivity contribution < 1.29 is 0 Å². The van der Waals surface area contributed by atoms with Crippen molar-refractivity contribution in [3.8, 4) is 0 Å². The first-order valence-corrected chi connectivity index (χ1v) is 5.94. The van der Waals surface area contributed by atoms with Crippen molar-refractivity contribution >= 4 is 0 Å². The molecule has 0 aromatic heterocycles. The van der Waals surface area contributed by atoms with Gasteiger partial charge in [0.1, 0.15) is 0 Å². The smallest absolute Gasteiger partial charge is 0.0202 e. The maximum absolute atomic E-state index is 2.47. The van der Waals surface area contributed by atoms with Crippen LogP contribution in [0.5, 0.6) is 0 Å². The van der Waals surface area contributed by atoms with Crippen LogP contribution in [0.1, 0.15) is 46.0 Å². The Morgan fingerprint density at radius 3 is 2.77 bits per heavy atom. The highest BCUT2D eigenvalue weighted by molar-refractivity contribution is 4.97. The van der Waals surface area contributed by atoms with E-state index in [4.69, 9.17) is 0 Å². The molecule has 0 saturated heterocycles. The lowest BCUT2D eigenvalue weighted by Crippen LogP contribution is -2.22. The second-order valence-electron chi connectivity index (χ2n) is 5.12. The van der Waals surface area contributed by atoms with Crippen molar-refractivity contribution in [2.75, 3.05) is 0 Å². The third-order valence-electron chi connectivity index (χ3n) is 4.09. The minimum Gasteiger partial charge on any atom is -0.0914 e. The number of rotatable bonds is 1. The van der Waals surface area contributed by atoms with Gasteiger partial charge in [-0.3, -0.25) is 0 Å². The molecule has 2 saturated carbocycles. The maximum Gasteiger partial charge on any atom is -0.0202 e. The van der Waals surface area contributed by atoms with Gasteiger partial charge in [-0.25, -0.2) is 0 Å². The standard InChI is InChI=1S/C13H22/c1-3-5-11-6-4-7-12-8-10(2)9-13(11)12/h3,5,10-13H,4,6-9H2,1-2H3/b5-3+/t10-,11+,12?,13?/m0/s1. The van der Waals surface area contributed by atoms with E-state index in [-0.39, 0.29) is 0 Å². The molecule has 0 nitrogen and oxygen atoms in total. The summed E-state index contributed by atoms with van der Waals surface area (Å²) in [5.41, 5.74) is 0. The number of fused-ring (bicyclic) bond motifs is 1. The Morgan fingerprint density at radius 1 is 1.15 bits per heavy atom. The Bertz CT molecular complexity index is 192. The molecule has 2 unspecified atom stereocenters. The van der Waals surface area contributed by atoms with Gasteiger partial charge in [0, 0.05) is 0 Å². The van der Waals surface area contributed by atoms with Crippen LogP contribution in [0.2, 0.25) is 0 Å². The van der Waals surface area contributed by atoms with Gasteiger partial charge >= 0.3 is 0 Å². The van der Waals surface area contributed by atoms with Gasteiger partial charge in [0.15, 0.2) is 0 Å². The van der Waals surface area contributed by atoms with Crippen LogP contribution in [-0.4, -0.2) is 0 Å². The zero-order valence-electron chi connectivity index (χ0n) is 9.00. The van der Waals surface area contributed by atoms with Crippen molar-refractivity contribution in [3.63, 3.8) is 0 Å². The molecule has 0 aromatic carbocycles. The van der Waals surface area contributed by atoms with Gasteiger partial charge in [-0.2, -0.15) is 0 Å². The number of hydrogen-bond acceptors (Lipinski definition) is 0. The van der Waals surface area contributed by atoms with E-state index < -0.39 is 0 Å². The molecule has 0 heteroatoms. The zero-order valence-corrected chi connectivity index (χ0v) is 9.00. The highest BCUT2D eigenvalue weighted by Crippen LogP contribution is 2.48. The predicted molar refractivity (Wildman–Crippen MR) is 57.5 cm³/mol. The predicted octanol–water partition coefficient (Wildman–Crippen LogP) is 4.02. The van der Waals surface area contributed by atoms with Crippen molar-refractivity contribution in [3.05, 3.63) is 12.2 Å².